The van der Waals surface area contributed by atoms with Gasteiger partial charge in [-0.25, -0.2) is 9.89 Å². The fourth-order valence-electron chi connectivity index (χ4n) is 6.59. The van der Waals surface area contributed by atoms with Gasteiger partial charge in [0.15, 0.2) is 0 Å². The van der Waals surface area contributed by atoms with E-state index < -0.39 is 17.2 Å². The number of hydrogen-bond donors (Lipinski definition) is 2. The first-order valence-corrected chi connectivity index (χ1v) is 15.4. The second kappa shape index (κ2) is 11.6. The number of aromatic amines is 1. The lowest BCUT2D eigenvalue weighted by molar-refractivity contribution is -0.139. The van der Waals surface area contributed by atoms with Crippen molar-refractivity contribution < 1.29 is 23.9 Å². The van der Waals surface area contributed by atoms with Gasteiger partial charge in [-0.3, -0.25) is 14.4 Å². The quantitative estimate of drug-likeness (QED) is 0.457. The predicted octanol–water partition coefficient (Wildman–Crippen LogP) is 3.57. The summed E-state index contributed by atoms with van der Waals surface area (Å²) in [6.07, 6.45) is 3.41. The number of aromatic nitrogens is 2. The number of nitrogens with zero attached hydrogens (tertiary/aromatic N) is 3. The van der Waals surface area contributed by atoms with Gasteiger partial charge in [0.2, 0.25) is 5.91 Å². The Kier molecular flexibility index (Phi) is 7.81. The Bertz CT molecular complexity index is 1660. The van der Waals surface area contributed by atoms with Gasteiger partial charge in [0, 0.05) is 44.4 Å². The van der Waals surface area contributed by atoms with Crippen LogP contribution in [0.5, 0.6) is 5.75 Å². The van der Waals surface area contributed by atoms with Crippen LogP contribution in [0.25, 0.3) is 10.8 Å². The molecule has 1 saturated heterocycles. The summed E-state index contributed by atoms with van der Waals surface area (Å²) < 4.78 is 11.4. The first-order chi connectivity index (χ1) is 21.0. The highest BCUT2D eigenvalue weighted by molar-refractivity contribution is 5.98. The van der Waals surface area contributed by atoms with Crippen LogP contribution in [0.2, 0.25) is 0 Å². The molecule has 1 aliphatic carbocycles. The van der Waals surface area contributed by atoms with Crippen LogP contribution in [-0.4, -0.2) is 81.8 Å². The molecule has 0 atom stereocenters. The zero-order chi connectivity index (χ0) is 31.1. The Morgan fingerprint density at radius 3 is 2.41 bits per heavy atom. The topological polar surface area (TPSA) is 134 Å². The molecule has 44 heavy (non-hydrogen) atoms. The van der Waals surface area contributed by atoms with Crippen LogP contribution in [0.3, 0.4) is 0 Å². The number of fused-ring (bicyclic) bond motifs is 2. The minimum atomic E-state index is -0.975. The third-order valence-corrected chi connectivity index (χ3v) is 8.68. The molecule has 232 valence electrons. The van der Waals surface area contributed by atoms with Gasteiger partial charge in [-0.2, -0.15) is 5.10 Å². The van der Waals surface area contributed by atoms with E-state index in [4.69, 9.17) is 9.47 Å². The van der Waals surface area contributed by atoms with E-state index in [9.17, 15) is 19.2 Å². The van der Waals surface area contributed by atoms with Crippen LogP contribution < -0.4 is 15.6 Å². The smallest absolute Gasteiger partial charge is 0.408 e. The summed E-state index contributed by atoms with van der Waals surface area (Å²) in [5, 5.41) is 11.2. The molecule has 11 heteroatoms. The lowest BCUT2D eigenvalue weighted by Gasteiger charge is -2.40. The molecule has 0 radical (unpaired) electrons. The molecule has 3 amide bonds. The molecule has 2 N–H and O–H groups in total. The van der Waals surface area contributed by atoms with E-state index >= 15 is 0 Å². The van der Waals surface area contributed by atoms with Gasteiger partial charge < -0.3 is 24.6 Å². The second-order valence-electron chi connectivity index (χ2n) is 13.0. The van der Waals surface area contributed by atoms with Crippen LogP contribution in [-0.2, 0) is 22.4 Å². The molecule has 3 heterocycles. The number of benzene rings is 2. The molecule has 3 aliphatic rings. The fourth-order valence-corrected chi connectivity index (χ4v) is 6.59. The number of rotatable bonds is 5. The highest BCUT2D eigenvalue weighted by Gasteiger charge is 2.46. The standard InChI is InChI=1S/C33H39N5O6/c1-32(2,3)44-31(42)34-33(11-6-7-12-33)30(41)38-15-13-37(14-16-38)29(40)25-19-21(18-22-10-17-43-27(22)25)20-26-23-8-4-5-9-24(23)28(39)36-35-26/h4-5,8-9,18-19H,6-7,10-17,20H2,1-3H3,(H,34,42)(H,36,39). The van der Waals surface area contributed by atoms with Crippen molar-refractivity contribution in [3.8, 4) is 5.75 Å². The Hall–Kier alpha value is -4.41. The largest absolute Gasteiger partial charge is 0.492 e. The number of H-pyrrole nitrogens is 1. The summed E-state index contributed by atoms with van der Waals surface area (Å²) in [6, 6.07) is 11.3. The van der Waals surface area contributed by atoms with Gasteiger partial charge in [-0.1, -0.05) is 37.1 Å². The lowest BCUT2D eigenvalue weighted by atomic mass is 9.95. The first kappa shape index (κ1) is 29.7. The van der Waals surface area contributed by atoms with Crippen molar-refractivity contribution in [3.63, 3.8) is 0 Å². The van der Waals surface area contributed by atoms with E-state index in [-0.39, 0.29) is 17.4 Å². The van der Waals surface area contributed by atoms with Gasteiger partial charge in [0.25, 0.3) is 11.5 Å². The summed E-state index contributed by atoms with van der Waals surface area (Å²) in [5.41, 5.74) is 1.24. The number of alkyl carbamates (subject to hydrolysis) is 1. The number of ether oxygens (including phenoxy) is 2. The Morgan fingerprint density at radius 2 is 1.70 bits per heavy atom. The molecule has 0 bridgehead atoms. The number of carbonyl (C=O) groups excluding carboxylic acids is 3. The van der Waals surface area contributed by atoms with Crippen LogP contribution in [0, 0.1) is 0 Å². The van der Waals surface area contributed by atoms with Crippen molar-refractivity contribution in [1.82, 2.24) is 25.3 Å². The first-order valence-electron chi connectivity index (χ1n) is 15.4. The lowest BCUT2D eigenvalue weighted by Crippen LogP contribution is -2.62. The minimum Gasteiger partial charge on any atom is -0.492 e. The molecule has 2 aromatic carbocycles. The van der Waals surface area contributed by atoms with Crippen molar-refractivity contribution in [2.75, 3.05) is 32.8 Å². The van der Waals surface area contributed by atoms with Gasteiger partial charge >= 0.3 is 6.09 Å². The number of piperazine rings is 1. The fraction of sp³-hybridized carbons (Fsp3) is 0.485. The van der Waals surface area contributed by atoms with E-state index in [2.05, 4.69) is 21.6 Å². The zero-order valence-corrected chi connectivity index (χ0v) is 25.5. The SMILES string of the molecule is CC(C)(C)OC(=O)NC1(C(=O)N2CCN(C(=O)c3cc(Cc4n[nH]c(=O)c5ccccc45)cc4c3OCC4)CC2)CCCC1. The van der Waals surface area contributed by atoms with Crippen molar-refractivity contribution in [3.05, 3.63) is 69.1 Å². The van der Waals surface area contributed by atoms with E-state index in [0.717, 1.165) is 35.0 Å². The van der Waals surface area contributed by atoms with Crippen LogP contribution in [0.15, 0.2) is 41.2 Å². The molecule has 11 nitrogen and oxygen atoms in total. The summed E-state index contributed by atoms with van der Waals surface area (Å²) in [4.78, 5) is 56.1. The molecule has 3 aromatic rings. The maximum Gasteiger partial charge on any atom is 0.408 e. The predicted molar refractivity (Wildman–Crippen MR) is 164 cm³/mol. The normalized spacial score (nSPS) is 17.7. The summed E-state index contributed by atoms with van der Waals surface area (Å²) in [7, 11) is 0. The highest BCUT2D eigenvalue weighted by atomic mass is 16.6. The van der Waals surface area contributed by atoms with Crippen LogP contribution in [0.4, 0.5) is 4.79 Å². The van der Waals surface area contributed by atoms with Crippen molar-refractivity contribution >= 4 is 28.7 Å². The molecule has 2 aliphatic heterocycles. The Balaban J connectivity index is 1.17. The number of nitrogens with one attached hydrogen (secondary N) is 2. The molecule has 1 aromatic heterocycles. The summed E-state index contributed by atoms with van der Waals surface area (Å²) in [5.74, 6) is 0.363. The molecular weight excluding hydrogens is 562 g/mol. The van der Waals surface area contributed by atoms with Gasteiger partial charge in [0.1, 0.15) is 16.9 Å². The van der Waals surface area contributed by atoms with Crippen molar-refractivity contribution in [2.45, 2.75) is 70.4 Å². The van der Waals surface area contributed by atoms with E-state index in [1.54, 1.807) is 36.6 Å². The average Bonchev–Trinajstić information content (AvgIpc) is 3.67. The molecule has 1 saturated carbocycles. The average molecular weight is 602 g/mol. The summed E-state index contributed by atoms with van der Waals surface area (Å²) >= 11 is 0. The zero-order valence-electron chi connectivity index (χ0n) is 25.5. The third-order valence-electron chi connectivity index (χ3n) is 8.68. The van der Waals surface area contributed by atoms with Crippen molar-refractivity contribution in [1.29, 1.82) is 0 Å². The molecule has 2 fully saturated rings. The van der Waals surface area contributed by atoms with E-state index in [1.807, 2.05) is 24.3 Å². The number of hydrogen-bond acceptors (Lipinski definition) is 7. The van der Waals surface area contributed by atoms with Crippen LogP contribution >= 0.6 is 0 Å². The van der Waals surface area contributed by atoms with E-state index in [1.165, 1.54) is 0 Å². The third kappa shape index (κ3) is 5.87. The van der Waals surface area contributed by atoms with Crippen LogP contribution in [0.1, 0.15) is 73.6 Å². The monoisotopic (exact) mass is 601 g/mol. The maximum atomic E-state index is 13.9. The maximum absolute atomic E-state index is 13.9. The number of carbonyl (C=O) groups is 3. The Morgan fingerprint density at radius 1 is 1.02 bits per heavy atom. The Labute approximate surface area is 255 Å². The molecule has 6 rings (SSSR count). The highest BCUT2D eigenvalue weighted by Crippen LogP contribution is 2.35. The molecule has 0 spiro atoms. The summed E-state index contributed by atoms with van der Waals surface area (Å²) in [6.45, 7) is 7.39. The minimum absolute atomic E-state index is 0.111. The van der Waals surface area contributed by atoms with Gasteiger partial charge in [-0.05, 0) is 56.9 Å². The molecular formula is C33H39N5O6. The van der Waals surface area contributed by atoms with E-state index in [0.29, 0.717) is 75.2 Å². The van der Waals surface area contributed by atoms with Gasteiger partial charge in [0.05, 0.1) is 23.3 Å². The second-order valence-corrected chi connectivity index (χ2v) is 13.0. The molecule has 0 unspecified atom stereocenters. The van der Waals surface area contributed by atoms with Crippen molar-refractivity contribution in [2.24, 2.45) is 0 Å². The van der Waals surface area contributed by atoms with Gasteiger partial charge in [-0.15, -0.1) is 0 Å². The number of amides is 3.